The summed E-state index contributed by atoms with van der Waals surface area (Å²) in [7, 11) is 0. The summed E-state index contributed by atoms with van der Waals surface area (Å²) in [5, 5.41) is 22.6. The van der Waals surface area contributed by atoms with Gasteiger partial charge in [0.05, 0.1) is 35.9 Å². The van der Waals surface area contributed by atoms with E-state index in [0.717, 1.165) is 71.0 Å². The van der Waals surface area contributed by atoms with Gasteiger partial charge < -0.3 is 40.6 Å². The number of aromatic amines is 2. The molecule has 50 heavy (non-hydrogen) atoms. The molecule has 4 amide bonds. The second-order valence-corrected chi connectivity index (χ2v) is 13.1. The van der Waals surface area contributed by atoms with E-state index in [9.17, 15) is 19.2 Å². The highest BCUT2D eigenvalue weighted by Gasteiger charge is 2.34. The zero-order valence-corrected chi connectivity index (χ0v) is 28.1. The van der Waals surface area contributed by atoms with Crippen LogP contribution in [0.25, 0.3) is 33.6 Å². The molecule has 0 unspecified atom stereocenters. The van der Waals surface area contributed by atoms with E-state index in [1.807, 2.05) is 24.3 Å². The van der Waals surface area contributed by atoms with E-state index in [0.29, 0.717) is 13.1 Å². The number of rotatable bonds is 11. The summed E-state index contributed by atoms with van der Waals surface area (Å²) < 4.78 is 0. The van der Waals surface area contributed by atoms with Crippen LogP contribution in [0, 0.1) is 0 Å². The smallest absolute Gasteiger partial charge is 0.404 e. The van der Waals surface area contributed by atoms with E-state index in [-0.39, 0.29) is 36.7 Å². The van der Waals surface area contributed by atoms with Crippen molar-refractivity contribution < 1.29 is 29.4 Å². The van der Waals surface area contributed by atoms with Crippen LogP contribution in [-0.2, 0) is 9.59 Å². The first-order valence-electron chi connectivity index (χ1n) is 16.9. The van der Waals surface area contributed by atoms with Crippen molar-refractivity contribution in [2.75, 3.05) is 13.1 Å². The highest BCUT2D eigenvalue weighted by atomic mass is 16.4. The minimum absolute atomic E-state index is 0.0960. The maximum Gasteiger partial charge on any atom is 0.404 e. The molecule has 0 radical (unpaired) electrons. The predicted octanol–water partition coefficient (Wildman–Crippen LogP) is 5.55. The summed E-state index contributed by atoms with van der Waals surface area (Å²) in [6.45, 7) is 4.59. The van der Waals surface area contributed by atoms with E-state index >= 15 is 0 Å². The molecule has 6 rings (SSSR count). The van der Waals surface area contributed by atoms with Crippen LogP contribution in [0.2, 0.25) is 0 Å². The highest BCUT2D eigenvalue weighted by molar-refractivity contribution is 5.79. The summed E-state index contributed by atoms with van der Waals surface area (Å²) in [6.07, 6.45) is 4.77. The van der Waals surface area contributed by atoms with Crippen molar-refractivity contribution >= 4 is 24.0 Å². The molecule has 0 aliphatic carbocycles. The number of hydrogen-bond donors (Lipinski definition) is 6. The van der Waals surface area contributed by atoms with Gasteiger partial charge in [-0.3, -0.25) is 9.59 Å². The van der Waals surface area contributed by atoms with Crippen molar-refractivity contribution in [2.45, 2.75) is 76.5 Å². The lowest BCUT2D eigenvalue weighted by atomic mass is 10.0. The third kappa shape index (κ3) is 7.80. The van der Waals surface area contributed by atoms with Gasteiger partial charge in [0.25, 0.3) is 0 Å². The molecule has 4 atom stereocenters. The van der Waals surface area contributed by atoms with E-state index in [2.05, 4.69) is 54.8 Å². The largest absolute Gasteiger partial charge is 0.465 e. The normalized spacial score (nSPS) is 18.5. The topological polar surface area (TPSA) is 197 Å². The molecule has 262 valence electrons. The number of carboxylic acid groups (broad SMARTS) is 2. The molecule has 4 aromatic rings. The third-order valence-electron chi connectivity index (χ3n) is 9.40. The monoisotopic (exact) mass is 682 g/mol. The molecule has 0 bridgehead atoms. The van der Waals surface area contributed by atoms with Gasteiger partial charge in [0.2, 0.25) is 11.8 Å². The standard InChI is InChI=1S/C36H42N8O6/c1-21(39-35(47)48)17-31(45)43-15-3-5-29(43)33-37-19-27(41-33)25-11-7-23(8-12-25)24-9-13-26(14-10-24)28-20-38-34(42-28)30-6-4-16-44(30)32(46)18-22(2)40-36(49)50/h7-14,19-22,29-30,39-40H,3-6,15-18H2,1-2H3,(H,37,41)(H,38,42)(H,47,48)(H,49,50)/t21-,22-,29-,30-/m0/s1. The number of imidazole rings is 2. The van der Waals surface area contributed by atoms with E-state index in [1.54, 1.807) is 36.0 Å². The van der Waals surface area contributed by atoms with E-state index in [1.165, 1.54) is 0 Å². The van der Waals surface area contributed by atoms with Gasteiger partial charge in [-0.1, -0.05) is 48.5 Å². The van der Waals surface area contributed by atoms with Crippen LogP contribution >= 0.6 is 0 Å². The minimum atomic E-state index is -1.14. The van der Waals surface area contributed by atoms with Crippen LogP contribution < -0.4 is 10.6 Å². The lowest BCUT2D eigenvalue weighted by molar-refractivity contribution is -0.133. The Morgan fingerprint density at radius 2 is 1.04 bits per heavy atom. The van der Waals surface area contributed by atoms with Crippen molar-refractivity contribution in [1.82, 2.24) is 40.4 Å². The fourth-order valence-corrected chi connectivity index (χ4v) is 6.97. The maximum atomic E-state index is 12.9. The fraction of sp³-hybridized carbons (Fsp3) is 0.389. The Morgan fingerprint density at radius 3 is 1.40 bits per heavy atom. The van der Waals surface area contributed by atoms with Crippen molar-refractivity contribution in [3.05, 3.63) is 72.6 Å². The summed E-state index contributed by atoms with van der Waals surface area (Å²) in [6, 6.07) is 15.1. The second-order valence-electron chi connectivity index (χ2n) is 13.1. The fourth-order valence-electron chi connectivity index (χ4n) is 6.97. The highest BCUT2D eigenvalue weighted by Crippen LogP contribution is 2.34. The minimum Gasteiger partial charge on any atom is -0.465 e. The average molecular weight is 683 g/mol. The molecule has 14 nitrogen and oxygen atoms in total. The maximum absolute atomic E-state index is 12.9. The zero-order valence-electron chi connectivity index (χ0n) is 28.1. The van der Waals surface area contributed by atoms with Gasteiger partial charge in [-0.05, 0) is 61.8 Å². The summed E-state index contributed by atoms with van der Waals surface area (Å²) in [5.74, 6) is 1.25. The van der Waals surface area contributed by atoms with Gasteiger partial charge in [0.1, 0.15) is 11.6 Å². The van der Waals surface area contributed by atoms with Gasteiger partial charge in [0, 0.05) is 38.0 Å². The van der Waals surface area contributed by atoms with E-state index < -0.39 is 24.3 Å². The number of carbonyl (C=O) groups is 4. The Kier molecular flexibility index (Phi) is 10.2. The quantitative estimate of drug-likeness (QED) is 0.118. The molecule has 4 heterocycles. The van der Waals surface area contributed by atoms with Crippen molar-refractivity contribution in [3.8, 4) is 33.6 Å². The summed E-state index contributed by atoms with van der Waals surface area (Å²) in [5.41, 5.74) is 5.74. The molecule has 14 heteroatoms. The molecule has 2 saturated heterocycles. The molecule has 2 aliphatic rings. The Bertz CT molecular complexity index is 1700. The first-order valence-corrected chi connectivity index (χ1v) is 16.9. The van der Waals surface area contributed by atoms with Crippen LogP contribution in [0.4, 0.5) is 9.59 Å². The molecule has 2 fully saturated rings. The first kappa shape index (κ1) is 34.2. The lowest BCUT2D eigenvalue weighted by Crippen LogP contribution is -2.38. The van der Waals surface area contributed by atoms with Gasteiger partial charge in [-0.2, -0.15) is 0 Å². The van der Waals surface area contributed by atoms with Gasteiger partial charge in [0.15, 0.2) is 0 Å². The zero-order chi connectivity index (χ0) is 35.4. The number of amides is 4. The van der Waals surface area contributed by atoms with Gasteiger partial charge in [-0.15, -0.1) is 0 Å². The van der Waals surface area contributed by atoms with Gasteiger partial charge >= 0.3 is 12.2 Å². The molecule has 0 saturated carbocycles. The van der Waals surface area contributed by atoms with E-state index in [4.69, 9.17) is 10.2 Å². The molecule has 6 N–H and O–H groups in total. The Balaban J connectivity index is 1.08. The van der Waals surface area contributed by atoms with Crippen LogP contribution in [-0.4, -0.2) is 89.1 Å². The predicted molar refractivity (Wildman–Crippen MR) is 185 cm³/mol. The summed E-state index contributed by atoms with van der Waals surface area (Å²) in [4.78, 5) is 67.3. The SMILES string of the molecule is C[C@@H](CC(=O)N1CCC[C@H]1c1ncc(-c2ccc(-c3ccc(-c4cnc([C@@H]5CCCN5C(=O)C[C@H](C)NC(=O)O)[nH]4)cc3)cc2)[nH]1)NC(=O)O. The number of nitrogens with one attached hydrogen (secondary N) is 4. The van der Waals surface area contributed by atoms with Crippen molar-refractivity contribution in [3.63, 3.8) is 0 Å². The number of carbonyl (C=O) groups excluding carboxylic acids is 2. The van der Waals surface area contributed by atoms with Crippen LogP contribution in [0.15, 0.2) is 60.9 Å². The van der Waals surface area contributed by atoms with Crippen molar-refractivity contribution in [1.29, 1.82) is 0 Å². The Hall–Kier alpha value is -5.66. The second kappa shape index (κ2) is 14.8. The van der Waals surface area contributed by atoms with Crippen molar-refractivity contribution in [2.24, 2.45) is 0 Å². The number of H-pyrrole nitrogens is 2. The van der Waals surface area contributed by atoms with Crippen LogP contribution in [0.1, 0.15) is 76.1 Å². The number of hydrogen-bond acceptors (Lipinski definition) is 6. The molecular formula is C36H42N8O6. The number of nitrogens with zero attached hydrogens (tertiary/aromatic N) is 4. The molecular weight excluding hydrogens is 640 g/mol. The lowest BCUT2D eigenvalue weighted by Gasteiger charge is -2.24. The number of benzene rings is 2. The first-order chi connectivity index (χ1) is 24.0. The molecule has 2 aliphatic heterocycles. The molecule has 2 aromatic carbocycles. The van der Waals surface area contributed by atoms with Gasteiger partial charge in [-0.25, -0.2) is 19.6 Å². The molecule has 2 aromatic heterocycles. The number of likely N-dealkylation sites (tertiary alicyclic amines) is 2. The Labute approximate surface area is 289 Å². The summed E-state index contributed by atoms with van der Waals surface area (Å²) >= 11 is 0. The average Bonchev–Trinajstić information content (AvgIpc) is 3.90. The third-order valence-corrected chi connectivity index (χ3v) is 9.40. The molecule has 0 spiro atoms. The van der Waals surface area contributed by atoms with Crippen LogP contribution in [0.3, 0.4) is 0 Å². The Morgan fingerprint density at radius 1 is 0.680 bits per heavy atom. The number of aromatic nitrogens is 4. The van der Waals surface area contributed by atoms with Crippen LogP contribution in [0.5, 0.6) is 0 Å².